The fraction of sp³-hybridized carbons (Fsp3) is 0. The third-order valence-corrected chi connectivity index (χ3v) is 11.0. The molecule has 2 heterocycles. The fourth-order valence-corrected chi connectivity index (χ4v) is 8.49. The summed E-state index contributed by atoms with van der Waals surface area (Å²) >= 11 is 0. The molecule has 55 heavy (non-hydrogen) atoms. The van der Waals surface area contributed by atoms with E-state index in [-0.39, 0.29) is 0 Å². The van der Waals surface area contributed by atoms with Gasteiger partial charge in [-0.1, -0.05) is 140 Å². The molecule has 11 aromatic rings. The van der Waals surface area contributed by atoms with Crippen molar-refractivity contribution in [1.29, 1.82) is 0 Å². The lowest BCUT2D eigenvalue weighted by Gasteiger charge is -2.27. The molecule has 0 aliphatic heterocycles. The van der Waals surface area contributed by atoms with Gasteiger partial charge in [-0.2, -0.15) is 0 Å². The first-order valence-electron chi connectivity index (χ1n) is 18.8. The molecule has 0 unspecified atom stereocenters. The van der Waals surface area contributed by atoms with Crippen LogP contribution in [0.25, 0.3) is 82.5 Å². The maximum absolute atomic E-state index is 6.40. The molecule has 0 saturated heterocycles. The number of nitrogens with zero attached hydrogens (tertiary/aromatic N) is 2. The standard InChI is InChI=1S/C52H34N2O/c1-3-14-37(15-4-1)53(39-29-26-35(27-30-39)41-22-13-23-46-45-21-10-12-25-51(45)55-52(41)46)49-33-31-40(42-18-7-8-19-43(42)49)36-28-32-50-47(34-36)44-20-9-11-24-48(44)54(50)38-16-5-2-6-17-38/h1-34H. The van der Waals surface area contributed by atoms with Gasteiger partial charge in [-0.15, -0.1) is 0 Å². The first kappa shape index (κ1) is 31.2. The Morgan fingerprint density at radius 2 is 0.982 bits per heavy atom. The molecule has 0 saturated carbocycles. The molecule has 0 spiro atoms. The summed E-state index contributed by atoms with van der Waals surface area (Å²) < 4.78 is 8.78. The predicted molar refractivity (Wildman–Crippen MR) is 231 cm³/mol. The minimum absolute atomic E-state index is 0.908. The molecule has 9 aromatic carbocycles. The van der Waals surface area contributed by atoms with Crippen LogP contribution in [0.2, 0.25) is 0 Å². The predicted octanol–water partition coefficient (Wildman–Crippen LogP) is 14.6. The number of benzene rings is 9. The van der Waals surface area contributed by atoms with Gasteiger partial charge < -0.3 is 13.9 Å². The molecule has 0 radical (unpaired) electrons. The van der Waals surface area contributed by atoms with Crippen LogP contribution in [0.1, 0.15) is 0 Å². The molecule has 0 N–H and O–H groups in total. The highest BCUT2D eigenvalue weighted by Gasteiger charge is 2.19. The van der Waals surface area contributed by atoms with Gasteiger partial charge in [-0.3, -0.25) is 0 Å². The van der Waals surface area contributed by atoms with E-state index >= 15 is 0 Å². The lowest BCUT2D eigenvalue weighted by molar-refractivity contribution is 0.670. The van der Waals surface area contributed by atoms with Crippen LogP contribution in [0.3, 0.4) is 0 Å². The van der Waals surface area contributed by atoms with Crippen LogP contribution in [-0.2, 0) is 0 Å². The highest BCUT2D eigenvalue weighted by Crippen LogP contribution is 2.44. The third-order valence-electron chi connectivity index (χ3n) is 11.0. The molecule has 0 bridgehead atoms. The molecule has 258 valence electrons. The summed E-state index contributed by atoms with van der Waals surface area (Å²) in [6.07, 6.45) is 0. The summed E-state index contributed by atoms with van der Waals surface area (Å²) in [5.74, 6) is 0. The van der Waals surface area contributed by atoms with Crippen molar-refractivity contribution >= 4 is 71.6 Å². The second-order valence-corrected chi connectivity index (χ2v) is 14.1. The first-order chi connectivity index (χ1) is 27.3. The van der Waals surface area contributed by atoms with Crippen molar-refractivity contribution < 1.29 is 4.42 Å². The number of hydrogen-bond acceptors (Lipinski definition) is 2. The van der Waals surface area contributed by atoms with Crippen molar-refractivity contribution in [1.82, 2.24) is 4.57 Å². The van der Waals surface area contributed by atoms with Crippen molar-refractivity contribution in [2.24, 2.45) is 0 Å². The summed E-state index contributed by atoms with van der Waals surface area (Å²) in [4.78, 5) is 2.37. The topological polar surface area (TPSA) is 21.3 Å². The molecule has 2 aromatic heterocycles. The van der Waals surface area contributed by atoms with Crippen LogP contribution >= 0.6 is 0 Å². The Morgan fingerprint density at radius 3 is 1.80 bits per heavy atom. The zero-order valence-corrected chi connectivity index (χ0v) is 29.9. The Morgan fingerprint density at radius 1 is 0.364 bits per heavy atom. The van der Waals surface area contributed by atoms with Crippen LogP contribution in [0.15, 0.2) is 211 Å². The van der Waals surface area contributed by atoms with Crippen molar-refractivity contribution in [3.63, 3.8) is 0 Å². The Balaban J connectivity index is 1.04. The Labute approximate surface area is 318 Å². The SMILES string of the molecule is c1ccc(N(c2ccc(-c3cccc4c3oc3ccccc34)cc2)c2ccc(-c3ccc4c(c3)c3ccccc3n4-c3ccccc3)c3ccccc23)cc1. The molecule has 0 atom stereocenters. The molecule has 0 fully saturated rings. The number of aromatic nitrogens is 1. The van der Waals surface area contributed by atoms with Gasteiger partial charge in [-0.05, 0) is 88.8 Å². The molecule has 3 heteroatoms. The smallest absolute Gasteiger partial charge is 0.143 e. The van der Waals surface area contributed by atoms with Crippen molar-refractivity contribution in [3.05, 3.63) is 206 Å². The van der Waals surface area contributed by atoms with Crippen molar-refractivity contribution in [2.45, 2.75) is 0 Å². The van der Waals surface area contributed by atoms with Crippen LogP contribution in [0.5, 0.6) is 0 Å². The van der Waals surface area contributed by atoms with Crippen LogP contribution < -0.4 is 4.90 Å². The minimum atomic E-state index is 0.908. The Bertz CT molecular complexity index is 3190. The van der Waals surface area contributed by atoms with Gasteiger partial charge in [0.25, 0.3) is 0 Å². The normalized spacial score (nSPS) is 11.6. The Hall–Kier alpha value is -7.36. The quantitative estimate of drug-likeness (QED) is 0.172. The van der Waals surface area contributed by atoms with Gasteiger partial charge in [0.1, 0.15) is 11.2 Å². The van der Waals surface area contributed by atoms with Gasteiger partial charge >= 0.3 is 0 Å². The van der Waals surface area contributed by atoms with Crippen molar-refractivity contribution in [3.8, 4) is 27.9 Å². The van der Waals surface area contributed by atoms with Crippen molar-refractivity contribution in [2.75, 3.05) is 4.90 Å². The second-order valence-electron chi connectivity index (χ2n) is 14.1. The monoisotopic (exact) mass is 702 g/mol. The summed E-state index contributed by atoms with van der Waals surface area (Å²) in [5, 5.41) is 7.16. The molecular formula is C52H34N2O. The van der Waals surface area contributed by atoms with E-state index in [1.165, 1.54) is 43.7 Å². The highest BCUT2D eigenvalue weighted by molar-refractivity contribution is 6.13. The third kappa shape index (κ3) is 5.05. The molecule has 11 rings (SSSR count). The van der Waals surface area contributed by atoms with Crippen LogP contribution in [0, 0.1) is 0 Å². The van der Waals surface area contributed by atoms with Gasteiger partial charge in [-0.25, -0.2) is 0 Å². The average Bonchev–Trinajstić information content (AvgIpc) is 3.80. The van der Waals surface area contributed by atoms with E-state index < -0.39 is 0 Å². The van der Waals surface area contributed by atoms with Gasteiger partial charge in [0.05, 0.1) is 16.7 Å². The largest absolute Gasteiger partial charge is 0.455 e. The fourth-order valence-electron chi connectivity index (χ4n) is 8.49. The van der Waals surface area contributed by atoms with Crippen LogP contribution in [-0.4, -0.2) is 4.57 Å². The molecular weight excluding hydrogens is 669 g/mol. The second kappa shape index (κ2) is 12.6. The van der Waals surface area contributed by atoms with E-state index in [4.69, 9.17) is 4.42 Å². The molecule has 0 aliphatic rings. The maximum atomic E-state index is 6.40. The van der Waals surface area contributed by atoms with E-state index in [9.17, 15) is 0 Å². The summed E-state index contributed by atoms with van der Waals surface area (Å²) in [6.45, 7) is 0. The Kier molecular flexibility index (Phi) is 7.17. The van der Waals surface area contributed by atoms with E-state index in [2.05, 4.69) is 204 Å². The number of fused-ring (bicyclic) bond motifs is 7. The zero-order valence-electron chi connectivity index (χ0n) is 29.9. The van der Waals surface area contributed by atoms with Gasteiger partial charge in [0.15, 0.2) is 0 Å². The maximum Gasteiger partial charge on any atom is 0.143 e. The average molecular weight is 703 g/mol. The molecule has 3 nitrogen and oxygen atoms in total. The molecule has 0 aliphatic carbocycles. The number of furan rings is 1. The molecule has 0 amide bonds. The van der Waals surface area contributed by atoms with Gasteiger partial charge in [0, 0.05) is 49.6 Å². The number of anilines is 3. The summed E-state index contributed by atoms with van der Waals surface area (Å²) in [7, 11) is 0. The summed E-state index contributed by atoms with van der Waals surface area (Å²) in [5.41, 5.74) is 13.3. The zero-order chi connectivity index (χ0) is 36.3. The van der Waals surface area contributed by atoms with E-state index in [0.29, 0.717) is 0 Å². The van der Waals surface area contributed by atoms with Crippen LogP contribution in [0.4, 0.5) is 17.1 Å². The van der Waals surface area contributed by atoms with E-state index in [0.717, 1.165) is 55.8 Å². The lowest BCUT2D eigenvalue weighted by Crippen LogP contribution is -2.10. The number of hydrogen-bond donors (Lipinski definition) is 0. The lowest BCUT2D eigenvalue weighted by atomic mass is 9.95. The highest BCUT2D eigenvalue weighted by atomic mass is 16.3. The first-order valence-corrected chi connectivity index (χ1v) is 18.8. The van der Waals surface area contributed by atoms with E-state index in [1.54, 1.807) is 0 Å². The van der Waals surface area contributed by atoms with Gasteiger partial charge in [0.2, 0.25) is 0 Å². The number of rotatable bonds is 6. The number of para-hydroxylation sites is 5. The van der Waals surface area contributed by atoms with E-state index in [1.807, 2.05) is 12.1 Å². The minimum Gasteiger partial charge on any atom is -0.455 e. The summed E-state index contributed by atoms with van der Waals surface area (Å²) in [6, 6.07) is 73.9.